The fourth-order valence-corrected chi connectivity index (χ4v) is 2.65. The summed E-state index contributed by atoms with van der Waals surface area (Å²) < 4.78 is 0.863. The molecule has 1 atom stereocenters. The third kappa shape index (κ3) is 4.60. The van der Waals surface area contributed by atoms with Gasteiger partial charge in [0.05, 0.1) is 11.7 Å². The fraction of sp³-hybridized carbons (Fsp3) is 0.278. The van der Waals surface area contributed by atoms with E-state index >= 15 is 0 Å². The van der Waals surface area contributed by atoms with Crippen molar-refractivity contribution in [3.63, 3.8) is 0 Å². The molecule has 0 saturated heterocycles. The van der Waals surface area contributed by atoms with Gasteiger partial charge in [0.15, 0.2) is 0 Å². The molecule has 0 fully saturated rings. The second-order valence-corrected chi connectivity index (χ2v) is 6.15. The molecule has 2 N–H and O–H groups in total. The first-order valence-electron chi connectivity index (χ1n) is 7.51. The first-order valence-corrected chi connectivity index (χ1v) is 8.30. The molecule has 2 amide bonds. The van der Waals surface area contributed by atoms with Crippen molar-refractivity contribution in [2.75, 3.05) is 5.32 Å². The van der Waals surface area contributed by atoms with Crippen LogP contribution in [-0.2, 0) is 6.42 Å². The van der Waals surface area contributed by atoms with Gasteiger partial charge in [0.1, 0.15) is 0 Å². The number of hydrogen-bond acceptors (Lipinski definition) is 1. The molecule has 4 heteroatoms. The van der Waals surface area contributed by atoms with E-state index in [1.54, 1.807) is 0 Å². The predicted molar refractivity (Wildman–Crippen MR) is 95.1 cm³/mol. The first-order chi connectivity index (χ1) is 10.6. The maximum absolute atomic E-state index is 12.1. The van der Waals surface area contributed by atoms with Gasteiger partial charge >= 0.3 is 6.03 Å². The van der Waals surface area contributed by atoms with Crippen LogP contribution in [0.25, 0.3) is 0 Å². The van der Waals surface area contributed by atoms with Crippen molar-refractivity contribution in [1.82, 2.24) is 5.32 Å². The summed E-state index contributed by atoms with van der Waals surface area (Å²) in [4.78, 5) is 12.1. The van der Waals surface area contributed by atoms with Crippen molar-refractivity contribution in [3.8, 4) is 0 Å². The Morgan fingerprint density at radius 1 is 1.14 bits per heavy atom. The van der Waals surface area contributed by atoms with E-state index in [0.29, 0.717) is 0 Å². The topological polar surface area (TPSA) is 41.1 Å². The summed E-state index contributed by atoms with van der Waals surface area (Å²) in [6, 6.07) is 15.7. The zero-order valence-electron chi connectivity index (χ0n) is 12.9. The number of aryl methyl sites for hydroxylation is 1. The minimum Gasteiger partial charge on any atom is -0.331 e. The normalized spacial score (nSPS) is 11.8. The Hall–Kier alpha value is -1.81. The minimum atomic E-state index is -0.211. The lowest BCUT2D eigenvalue weighted by atomic mass is 10.0. The van der Waals surface area contributed by atoms with Crippen LogP contribution in [-0.4, -0.2) is 6.03 Å². The smallest absolute Gasteiger partial charge is 0.319 e. The van der Waals surface area contributed by atoms with E-state index < -0.39 is 0 Å². The minimum absolute atomic E-state index is 0.0434. The molecule has 0 aliphatic heterocycles. The first kappa shape index (κ1) is 16.6. The number of carbonyl (C=O) groups is 1. The zero-order valence-corrected chi connectivity index (χ0v) is 14.5. The maximum Gasteiger partial charge on any atom is 0.319 e. The average molecular weight is 361 g/mol. The van der Waals surface area contributed by atoms with E-state index in [0.717, 1.165) is 28.6 Å². The van der Waals surface area contributed by atoms with Crippen molar-refractivity contribution in [2.24, 2.45) is 0 Å². The third-order valence-electron chi connectivity index (χ3n) is 3.49. The summed E-state index contributed by atoms with van der Waals surface area (Å²) in [7, 11) is 0. The highest BCUT2D eigenvalue weighted by Gasteiger charge is 2.10. The lowest BCUT2D eigenvalue weighted by molar-refractivity contribution is 0.249. The summed E-state index contributed by atoms with van der Waals surface area (Å²) in [6.45, 7) is 4.15. The van der Waals surface area contributed by atoms with E-state index in [2.05, 4.69) is 57.8 Å². The van der Waals surface area contributed by atoms with Crippen molar-refractivity contribution in [1.29, 1.82) is 0 Å². The Morgan fingerprint density at radius 2 is 1.82 bits per heavy atom. The number of anilines is 1. The molecule has 2 rings (SSSR count). The SMILES string of the molecule is CCCc1ccc([C@@H](C)NC(=O)Nc2ccccc2Br)cc1. The van der Waals surface area contributed by atoms with Crippen LogP contribution >= 0.6 is 15.9 Å². The van der Waals surface area contributed by atoms with Gasteiger partial charge in [-0.25, -0.2) is 4.79 Å². The van der Waals surface area contributed by atoms with Crippen LogP contribution in [0.15, 0.2) is 53.0 Å². The molecular weight excluding hydrogens is 340 g/mol. The molecular formula is C18H21BrN2O. The number of hydrogen-bond donors (Lipinski definition) is 2. The average Bonchev–Trinajstić information content (AvgIpc) is 2.50. The number of para-hydroxylation sites is 1. The number of urea groups is 1. The van der Waals surface area contributed by atoms with Crippen LogP contribution in [0.5, 0.6) is 0 Å². The summed E-state index contributed by atoms with van der Waals surface area (Å²) >= 11 is 3.42. The fourth-order valence-electron chi connectivity index (χ4n) is 2.26. The van der Waals surface area contributed by atoms with E-state index in [9.17, 15) is 4.79 Å². The van der Waals surface area contributed by atoms with Gasteiger partial charge in [0.2, 0.25) is 0 Å². The molecule has 0 aliphatic rings. The second-order valence-electron chi connectivity index (χ2n) is 5.29. The molecule has 0 saturated carbocycles. The Labute approximate surface area is 140 Å². The molecule has 116 valence electrons. The second kappa shape index (κ2) is 7.99. The van der Waals surface area contributed by atoms with Gasteiger partial charge in [-0.05, 0) is 52.5 Å². The predicted octanol–water partition coefficient (Wildman–Crippen LogP) is 5.28. The van der Waals surface area contributed by atoms with Crippen LogP contribution in [0.2, 0.25) is 0 Å². The molecule has 0 radical (unpaired) electrons. The Kier molecular flexibility index (Phi) is 6.01. The molecule has 0 aromatic heterocycles. The quantitative estimate of drug-likeness (QED) is 0.747. The van der Waals surface area contributed by atoms with E-state index in [-0.39, 0.29) is 12.1 Å². The highest BCUT2D eigenvalue weighted by Crippen LogP contribution is 2.21. The zero-order chi connectivity index (χ0) is 15.9. The van der Waals surface area contributed by atoms with E-state index in [1.807, 2.05) is 31.2 Å². The molecule has 0 aliphatic carbocycles. The van der Waals surface area contributed by atoms with Crippen LogP contribution in [0.4, 0.5) is 10.5 Å². The van der Waals surface area contributed by atoms with Gasteiger partial charge in [-0.1, -0.05) is 49.7 Å². The molecule has 2 aromatic rings. The summed E-state index contributed by atoms with van der Waals surface area (Å²) in [5.74, 6) is 0. The lowest BCUT2D eigenvalue weighted by Crippen LogP contribution is -2.31. The van der Waals surface area contributed by atoms with Crippen molar-refractivity contribution in [2.45, 2.75) is 32.7 Å². The number of rotatable bonds is 5. The summed E-state index contributed by atoms with van der Waals surface area (Å²) in [6.07, 6.45) is 2.23. The van der Waals surface area contributed by atoms with Crippen molar-refractivity contribution >= 4 is 27.6 Å². The highest BCUT2D eigenvalue weighted by molar-refractivity contribution is 9.10. The van der Waals surface area contributed by atoms with Gasteiger partial charge in [0.25, 0.3) is 0 Å². The molecule has 0 spiro atoms. The van der Waals surface area contributed by atoms with E-state index in [4.69, 9.17) is 0 Å². The van der Waals surface area contributed by atoms with Gasteiger partial charge in [-0.2, -0.15) is 0 Å². The molecule has 0 unspecified atom stereocenters. The van der Waals surface area contributed by atoms with Crippen LogP contribution in [0.1, 0.15) is 37.4 Å². The summed E-state index contributed by atoms with van der Waals surface area (Å²) in [5.41, 5.74) is 3.18. The lowest BCUT2D eigenvalue weighted by Gasteiger charge is -2.16. The van der Waals surface area contributed by atoms with Crippen molar-refractivity contribution in [3.05, 3.63) is 64.1 Å². The highest BCUT2D eigenvalue weighted by atomic mass is 79.9. The number of carbonyl (C=O) groups excluding carboxylic acids is 1. The largest absolute Gasteiger partial charge is 0.331 e. The maximum atomic E-state index is 12.1. The van der Waals surface area contributed by atoms with Crippen molar-refractivity contribution < 1.29 is 4.79 Å². The van der Waals surface area contributed by atoms with Gasteiger partial charge in [-0.15, -0.1) is 0 Å². The Morgan fingerprint density at radius 3 is 2.45 bits per heavy atom. The van der Waals surface area contributed by atoms with Crippen LogP contribution < -0.4 is 10.6 Å². The van der Waals surface area contributed by atoms with Crippen LogP contribution in [0, 0.1) is 0 Å². The molecule has 0 heterocycles. The monoisotopic (exact) mass is 360 g/mol. The number of halogens is 1. The summed E-state index contributed by atoms with van der Waals surface area (Å²) in [5, 5.41) is 5.80. The van der Waals surface area contributed by atoms with E-state index in [1.165, 1.54) is 5.56 Å². The van der Waals surface area contributed by atoms with Gasteiger partial charge < -0.3 is 10.6 Å². The molecule has 22 heavy (non-hydrogen) atoms. The molecule has 0 bridgehead atoms. The standard InChI is InChI=1S/C18H21BrN2O/c1-3-6-14-9-11-15(12-10-14)13(2)20-18(22)21-17-8-5-4-7-16(17)19/h4-5,7-13H,3,6H2,1-2H3,(H2,20,21,22)/t13-/m1/s1. The number of amides is 2. The number of benzene rings is 2. The Balaban J connectivity index is 1.94. The van der Waals surface area contributed by atoms with Crippen LogP contribution in [0.3, 0.4) is 0 Å². The Bertz CT molecular complexity index is 625. The van der Waals surface area contributed by atoms with Gasteiger partial charge in [-0.3, -0.25) is 0 Å². The number of nitrogens with one attached hydrogen (secondary N) is 2. The third-order valence-corrected chi connectivity index (χ3v) is 4.18. The molecule has 2 aromatic carbocycles. The molecule has 3 nitrogen and oxygen atoms in total. The van der Waals surface area contributed by atoms with Gasteiger partial charge in [0, 0.05) is 4.47 Å².